The third kappa shape index (κ3) is 4.08. The molecule has 5 nitrogen and oxygen atoms in total. The van der Waals surface area contributed by atoms with E-state index in [0.717, 1.165) is 70.0 Å². The second kappa shape index (κ2) is 8.49. The lowest BCUT2D eigenvalue weighted by molar-refractivity contribution is 0.00212. The number of hydrogen-bond donors (Lipinski definition) is 0. The summed E-state index contributed by atoms with van der Waals surface area (Å²) in [6.45, 7) is 7.54. The number of piperidine rings is 1. The molecule has 132 valence electrons. The van der Waals surface area contributed by atoms with Crippen LogP contribution in [0.25, 0.3) is 0 Å². The predicted molar refractivity (Wildman–Crippen MR) is 94.6 cm³/mol. The Morgan fingerprint density at radius 1 is 1.25 bits per heavy atom. The summed E-state index contributed by atoms with van der Waals surface area (Å²) in [7, 11) is 0. The minimum absolute atomic E-state index is 0.127. The fraction of sp³-hybridized carbons (Fsp3) is 0.632. The molecule has 0 unspecified atom stereocenters. The van der Waals surface area contributed by atoms with E-state index in [1.54, 1.807) is 0 Å². The molecule has 2 saturated heterocycles. The first kappa shape index (κ1) is 17.2. The molecular weight excluding hydrogens is 304 g/mol. The molecule has 3 rings (SSSR count). The van der Waals surface area contributed by atoms with E-state index < -0.39 is 0 Å². The van der Waals surface area contributed by atoms with Gasteiger partial charge in [0.25, 0.3) is 5.91 Å². The van der Waals surface area contributed by atoms with E-state index in [0.29, 0.717) is 6.54 Å². The number of nitrogens with zero attached hydrogens (tertiary/aromatic N) is 2. The molecule has 0 radical (unpaired) electrons. The second-order valence-electron chi connectivity index (χ2n) is 6.50. The average Bonchev–Trinajstić information content (AvgIpc) is 2.66. The Labute approximate surface area is 144 Å². The highest BCUT2D eigenvalue weighted by Crippen LogP contribution is 2.25. The van der Waals surface area contributed by atoms with Crippen molar-refractivity contribution < 1.29 is 14.3 Å². The van der Waals surface area contributed by atoms with Crippen molar-refractivity contribution in [2.45, 2.75) is 32.3 Å². The van der Waals surface area contributed by atoms with Gasteiger partial charge in [-0.05, 0) is 31.4 Å². The van der Waals surface area contributed by atoms with E-state index in [-0.39, 0.29) is 12.0 Å². The van der Waals surface area contributed by atoms with Gasteiger partial charge in [-0.25, -0.2) is 0 Å². The van der Waals surface area contributed by atoms with Gasteiger partial charge < -0.3 is 19.3 Å². The van der Waals surface area contributed by atoms with E-state index in [1.165, 1.54) is 0 Å². The molecule has 1 atom stereocenters. The number of hydrogen-bond acceptors (Lipinski definition) is 4. The zero-order valence-electron chi connectivity index (χ0n) is 14.6. The van der Waals surface area contributed by atoms with Gasteiger partial charge in [0, 0.05) is 38.5 Å². The van der Waals surface area contributed by atoms with Gasteiger partial charge in [0.1, 0.15) is 0 Å². The van der Waals surface area contributed by atoms with Crippen LogP contribution in [0.15, 0.2) is 24.3 Å². The number of rotatable bonds is 5. The number of benzene rings is 1. The zero-order valence-corrected chi connectivity index (χ0v) is 14.6. The number of ether oxygens (including phenoxy) is 2. The summed E-state index contributed by atoms with van der Waals surface area (Å²) in [6.07, 6.45) is 3.26. The van der Waals surface area contributed by atoms with Crippen molar-refractivity contribution in [3.05, 3.63) is 29.8 Å². The molecule has 1 amide bonds. The third-order valence-electron chi connectivity index (χ3n) is 4.71. The van der Waals surface area contributed by atoms with Crippen molar-refractivity contribution in [1.82, 2.24) is 4.90 Å². The van der Waals surface area contributed by atoms with Gasteiger partial charge in [0.15, 0.2) is 0 Å². The number of likely N-dealkylation sites (tertiary alicyclic amines) is 1. The minimum Gasteiger partial charge on any atom is -0.378 e. The predicted octanol–water partition coefficient (Wildman–Crippen LogP) is 2.55. The number of morpholine rings is 1. The molecule has 0 bridgehead atoms. The van der Waals surface area contributed by atoms with E-state index >= 15 is 0 Å². The van der Waals surface area contributed by atoms with E-state index in [9.17, 15) is 4.79 Å². The van der Waals surface area contributed by atoms with Crippen LogP contribution in [0.2, 0.25) is 0 Å². The topological polar surface area (TPSA) is 42.0 Å². The fourth-order valence-electron chi connectivity index (χ4n) is 3.45. The largest absolute Gasteiger partial charge is 0.378 e. The Hall–Kier alpha value is -1.59. The molecule has 0 saturated carbocycles. The molecule has 0 aromatic heterocycles. The van der Waals surface area contributed by atoms with E-state index in [4.69, 9.17) is 9.47 Å². The summed E-state index contributed by atoms with van der Waals surface area (Å²) in [5.41, 5.74) is 1.83. The molecule has 2 heterocycles. The Balaban J connectivity index is 1.72. The molecule has 1 aromatic rings. The van der Waals surface area contributed by atoms with Crippen molar-refractivity contribution in [3.63, 3.8) is 0 Å². The second-order valence-corrected chi connectivity index (χ2v) is 6.50. The lowest BCUT2D eigenvalue weighted by Crippen LogP contribution is -2.44. The lowest BCUT2D eigenvalue weighted by Gasteiger charge is -2.35. The quantitative estimate of drug-likeness (QED) is 0.831. The lowest BCUT2D eigenvalue weighted by atomic mass is 10.0. The minimum atomic E-state index is 0.127. The highest BCUT2D eigenvalue weighted by Gasteiger charge is 2.27. The van der Waals surface area contributed by atoms with Gasteiger partial charge in [0.05, 0.1) is 24.9 Å². The number of amides is 1. The maximum Gasteiger partial charge on any atom is 0.256 e. The smallest absolute Gasteiger partial charge is 0.256 e. The maximum atomic E-state index is 13.1. The number of carbonyl (C=O) groups is 1. The van der Waals surface area contributed by atoms with Crippen LogP contribution in [-0.4, -0.2) is 62.9 Å². The summed E-state index contributed by atoms with van der Waals surface area (Å²) >= 11 is 0. The molecule has 24 heavy (non-hydrogen) atoms. The normalized spacial score (nSPS) is 21.8. The molecule has 0 N–H and O–H groups in total. The number of carbonyl (C=O) groups excluding carboxylic acids is 1. The first-order valence-corrected chi connectivity index (χ1v) is 9.12. The fourth-order valence-corrected chi connectivity index (χ4v) is 3.45. The molecule has 1 aromatic carbocycles. The molecule has 2 aliphatic heterocycles. The van der Waals surface area contributed by atoms with Gasteiger partial charge >= 0.3 is 0 Å². The number of para-hydroxylation sites is 1. The molecule has 0 spiro atoms. The van der Waals surface area contributed by atoms with Gasteiger partial charge in [-0.3, -0.25) is 4.79 Å². The maximum absolute atomic E-state index is 13.1. The molecule has 2 fully saturated rings. The average molecular weight is 332 g/mol. The summed E-state index contributed by atoms with van der Waals surface area (Å²) in [5, 5.41) is 0. The van der Waals surface area contributed by atoms with Crippen LogP contribution in [0.3, 0.4) is 0 Å². The molecule has 2 aliphatic rings. The Morgan fingerprint density at radius 3 is 2.83 bits per heavy atom. The molecule has 0 aliphatic carbocycles. The Kier molecular flexibility index (Phi) is 6.10. The van der Waals surface area contributed by atoms with Crippen LogP contribution < -0.4 is 4.90 Å². The van der Waals surface area contributed by atoms with E-state index in [2.05, 4.69) is 11.8 Å². The Bertz CT molecular complexity index is 543. The van der Waals surface area contributed by atoms with Crippen LogP contribution in [-0.2, 0) is 9.47 Å². The Morgan fingerprint density at radius 2 is 2.04 bits per heavy atom. The van der Waals surface area contributed by atoms with Crippen molar-refractivity contribution in [2.75, 3.05) is 50.9 Å². The SMILES string of the molecule is CCCO[C@@H]1CCCN(C(=O)c2ccccc2N2CCOCC2)C1. The van der Waals surface area contributed by atoms with Crippen molar-refractivity contribution in [3.8, 4) is 0 Å². The number of anilines is 1. The first-order valence-electron chi connectivity index (χ1n) is 9.12. The molecular formula is C19H28N2O3. The standard InChI is InChI=1S/C19H28N2O3/c1-2-12-24-16-6-5-9-21(15-16)19(22)17-7-3-4-8-18(17)20-10-13-23-14-11-20/h3-4,7-8,16H,2,5-6,9-15H2,1H3/t16-/m1/s1. The van der Waals surface area contributed by atoms with Crippen LogP contribution >= 0.6 is 0 Å². The van der Waals surface area contributed by atoms with Gasteiger partial charge in [0.2, 0.25) is 0 Å². The van der Waals surface area contributed by atoms with Crippen molar-refractivity contribution in [2.24, 2.45) is 0 Å². The van der Waals surface area contributed by atoms with Gasteiger partial charge in [-0.2, -0.15) is 0 Å². The summed E-state index contributed by atoms with van der Waals surface area (Å²) in [6, 6.07) is 7.95. The van der Waals surface area contributed by atoms with Crippen LogP contribution in [0, 0.1) is 0 Å². The summed E-state index contributed by atoms with van der Waals surface area (Å²) in [4.78, 5) is 17.3. The third-order valence-corrected chi connectivity index (χ3v) is 4.71. The van der Waals surface area contributed by atoms with Gasteiger partial charge in [-0.15, -0.1) is 0 Å². The van der Waals surface area contributed by atoms with Crippen LogP contribution in [0.5, 0.6) is 0 Å². The van der Waals surface area contributed by atoms with E-state index in [1.807, 2.05) is 29.2 Å². The zero-order chi connectivity index (χ0) is 16.8. The molecule has 5 heteroatoms. The van der Waals surface area contributed by atoms with Crippen LogP contribution in [0.1, 0.15) is 36.5 Å². The van der Waals surface area contributed by atoms with Crippen LogP contribution in [0.4, 0.5) is 5.69 Å². The highest BCUT2D eigenvalue weighted by atomic mass is 16.5. The first-order chi connectivity index (χ1) is 11.8. The highest BCUT2D eigenvalue weighted by molar-refractivity contribution is 6.00. The van der Waals surface area contributed by atoms with Gasteiger partial charge in [-0.1, -0.05) is 19.1 Å². The summed E-state index contributed by atoms with van der Waals surface area (Å²) in [5.74, 6) is 0.127. The van der Waals surface area contributed by atoms with Crippen molar-refractivity contribution in [1.29, 1.82) is 0 Å². The monoisotopic (exact) mass is 332 g/mol. The van der Waals surface area contributed by atoms with Crippen molar-refractivity contribution >= 4 is 11.6 Å². The summed E-state index contributed by atoms with van der Waals surface area (Å²) < 4.78 is 11.3.